The quantitative estimate of drug-likeness (QED) is 0.385. The second kappa shape index (κ2) is 5.83. The summed E-state index contributed by atoms with van der Waals surface area (Å²) in [4.78, 5) is 8.66. The van der Waals surface area contributed by atoms with E-state index in [4.69, 9.17) is 4.98 Å². The van der Waals surface area contributed by atoms with Gasteiger partial charge in [-0.15, -0.1) is 0 Å². The zero-order valence-corrected chi connectivity index (χ0v) is 15.1. The molecule has 2 aromatic heterocycles. The first kappa shape index (κ1) is 15.2. The zero-order chi connectivity index (χ0) is 18.5. The molecule has 0 amide bonds. The molecule has 0 aliphatic carbocycles. The summed E-state index contributed by atoms with van der Waals surface area (Å²) in [6.07, 6.45) is 0. The molecule has 0 spiro atoms. The van der Waals surface area contributed by atoms with Crippen molar-refractivity contribution >= 4 is 32.8 Å². The third-order valence-corrected chi connectivity index (χ3v) is 5.34. The third kappa shape index (κ3) is 2.13. The van der Waals surface area contributed by atoms with Gasteiger partial charge < -0.3 is 4.98 Å². The highest BCUT2D eigenvalue weighted by Crippen LogP contribution is 2.35. The molecule has 4 aromatic carbocycles. The molecule has 0 atom stereocenters. The number of hydrogen-bond donors (Lipinski definition) is 1. The standard InChI is InChI=1S/C25H17N3/c1-3-9-17(10-4-1)25-27-22-16-15-20-19-13-7-8-14-21(19)26-23(20)24(22)28(25)18-11-5-2-6-12-18/h1-16,26H. The molecule has 0 radical (unpaired) electrons. The molecule has 0 bridgehead atoms. The van der Waals surface area contributed by atoms with Gasteiger partial charge in [-0.05, 0) is 30.3 Å². The van der Waals surface area contributed by atoms with Crippen molar-refractivity contribution in [2.75, 3.05) is 0 Å². The Morgan fingerprint density at radius 1 is 0.643 bits per heavy atom. The number of nitrogens with zero attached hydrogens (tertiary/aromatic N) is 2. The first-order chi connectivity index (χ1) is 13.9. The van der Waals surface area contributed by atoms with E-state index in [1.807, 2.05) is 12.1 Å². The van der Waals surface area contributed by atoms with E-state index >= 15 is 0 Å². The van der Waals surface area contributed by atoms with E-state index < -0.39 is 0 Å². The fourth-order valence-corrected chi connectivity index (χ4v) is 4.09. The Labute approximate surface area is 161 Å². The molecule has 2 heterocycles. The predicted molar refractivity (Wildman–Crippen MR) is 116 cm³/mol. The minimum Gasteiger partial charge on any atom is -0.353 e. The van der Waals surface area contributed by atoms with Crippen molar-refractivity contribution in [3.63, 3.8) is 0 Å². The smallest absolute Gasteiger partial charge is 0.145 e. The Hall–Kier alpha value is -3.85. The highest BCUT2D eigenvalue weighted by molar-refractivity contribution is 6.16. The van der Waals surface area contributed by atoms with Crippen molar-refractivity contribution in [2.24, 2.45) is 0 Å². The van der Waals surface area contributed by atoms with Gasteiger partial charge in [0.1, 0.15) is 5.82 Å². The number of benzene rings is 4. The van der Waals surface area contributed by atoms with E-state index in [0.717, 1.165) is 39.1 Å². The number of nitrogens with one attached hydrogen (secondary N) is 1. The van der Waals surface area contributed by atoms with Crippen LogP contribution in [0.5, 0.6) is 0 Å². The number of H-pyrrole nitrogens is 1. The fourth-order valence-electron chi connectivity index (χ4n) is 4.09. The van der Waals surface area contributed by atoms with Gasteiger partial charge in [-0.25, -0.2) is 4.98 Å². The molecule has 6 rings (SSSR count). The van der Waals surface area contributed by atoms with Crippen LogP contribution in [0.4, 0.5) is 0 Å². The van der Waals surface area contributed by atoms with Crippen LogP contribution in [0.25, 0.3) is 49.9 Å². The summed E-state index contributed by atoms with van der Waals surface area (Å²) in [5.74, 6) is 0.952. The Morgan fingerprint density at radius 2 is 1.36 bits per heavy atom. The van der Waals surface area contributed by atoms with Gasteiger partial charge in [-0.3, -0.25) is 4.57 Å². The van der Waals surface area contributed by atoms with Crippen molar-refractivity contribution in [1.82, 2.24) is 14.5 Å². The molecule has 1 N–H and O–H groups in total. The Bertz CT molecular complexity index is 1440. The van der Waals surface area contributed by atoms with Gasteiger partial charge >= 0.3 is 0 Å². The van der Waals surface area contributed by atoms with Crippen LogP contribution in [-0.2, 0) is 0 Å². The summed E-state index contributed by atoms with van der Waals surface area (Å²) in [5, 5.41) is 2.46. The van der Waals surface area contributed by atoms with Crippen LogP contribution in [0.1, 0.15) is 0 Å². The zero-order valence-electron chi connectivity index (χ0n) is 15.1. The molecular formula is C25H17N3. The lowest BCUT2D eigenvalue weighted by molar-refractivity contribution is 1.10. The average Bonchev–Trinajstić information content (AvgIpc) is 3.33. The van der Waals surface area contributed by atoms with Crippen LogP contribution in [0.3, 0.4) is 0 Å². The monoisotopic (exact) mass is 359 g/mol. The van der Waals surface area contributed by atoms with Gasteiger partial charge in [0.05, 0.1) is 16.6 Å². The minimum absolute atomic E-state index is 0.952. The molecule has 0 saturated heterocycles. The van der Waals surface area contributed by atoms with E-state index in [2.05, 4.69) is 94.5 Å². The normalized spacial score (nSPS) is 11.6. The predicted octanol–water partition coefficient (Wildman–Crippen LogP) is 6.33. The van der Waals surface area contributed by atoms with E-state index in [9.17, 15) is 0 Å². The number of hydrogen-bond acceptors (Lipinski definition) is 1. The number of aromatic amines is 1. The van der Waals surface area contributed by atoms with Crippen molar-refractivity contribution in [1.29, 1.82) is 0 Å². The summed E-state index contributed by atoms with van der Waals surface area (Å²) in [5.41, 5.74) is 6.58. The second-order valence-corrected chi connectivity index (χ2v) is 7.00. The molecule has 28 heavy (non-hydrogen) atoms. The van der Waals surface area contributed by atoms with Crippen LogP contribution in [0.15, 0.2) is 97.1 Å². The first-order valence-electron chi connectivity index (χ1n) is 9.43. The fraction of sp³-hybridized carbons (Fsp3) is 0. The van der Waals surface area contributed by atoms with Gasteiger partial charge in [-0.1, -0.05) is 66.7 Å². The maximum atomic E-state index is 5.02. The van der Waals surface area contributed by atoms with Crippen molar-refractivity contribution in [3.05, 3.63) is 97.1 Å². The summed E-state index contributed by atoms with van der Waals surface area (Å²) >= 11 is 0. The highest BCUT2D eigenvalue weighted by Gasteiger charge is 2.18. The van der Waals surface area contributed by atoms with Gasteiger partial charge in [0.25, 0.3) is 0 Å². The molecule has 0 fully saturated rings. The Kier molecular flexibility index (Phi) is 3.17. The molecule has 0 saturated carbocycles. The number of para-hydroxylation sites is 2. The number of imidazole rings is 1. The van der Waals surface area contributed by atoms with E-state index in [1.54, 1.807) is 0 Å². The first-order valence-corrected chi connectivity index (χ1v) is 9.43. The molecular weight excluding hydrogens is 342 g/mol. The van der Waals surface area contributed by atoms with E-state index in [0.29, 0.717) is 0 Å². The summed E-state index contributed by atoms with van der Waals surface area (Å²) in [6.45, 7) is 0. The Balaban J connectivity index is 1.81. The molecule has 3 nitrogen and oxygen atoms in total. The van der Waals surface area contributed by atoms with Crippen LogP contribution in [0, 0.1) is 0 Å². The molecule has 0 unspecified atom stereocenters. The van der Waals surface area contributed by atoms with Crippen LogP contribution in [0.2, 0.25) is 0 Å². The maximum Gasteiger partial charge on any atom is 0.145 e. The molecule has 0 aliphatic heterocycles. The maximum absolute atomic E-state index is 5.02. The molecule has 0 aliphatic rings. The number of rotatable bonds is 2. The summed E-state index contributed by atoms with van der Waals surface area (Å²) in [6, 6.07) is 33.6. The molecule has 3 heteroatoms. The second-order valence-electron chi connectivity index (χ2n) is 7.00. The van der Waals surface area contributed by atoms with Crippen LogP contribution in [-0.4, -0.2) is 14.5 Å². The number of aromatic nitrogens is 3. The lowest BCUT2D eigenvalue weighted by atomic mass is 10.1. The van der Waals surface area contributed by atoms with Gasteiger partial charge in [-0.2, -0.15) is 0 Å². The summed E-state index contributed by atoms with van der Waals surface area (Å²) < 4.78 is 2.27. The summed E-state index contributed by atoms with van der Waals surface area (Å²) in [7, 11) is 0. The van der Waals surface area contributed by atoms with Gasteiger partial charge in [0.15, 0.2) is 0 Å². The molecule has 132 valence electrons. The van der Waals surface area contributed by atoms with Crippen molar-refractivity contribution in [2.45, 2.75) is 0 Å². The van der Waals surface area contributed by atoms with Crippen molar-refractivity contribution in [3.8, 4) is 17.1 Å². The third-order valence-electron chi connectivity index (χ3n) is 5.34. The Morgan fingerprint density at radius 3 is 2.18 bits per heavy atom. The number of fused-ring (bicyclic) bond motifs is 5. The molecule has 6 aromatic rings. The van der Waals surface area contributed by atoms with Gasteiger partial charge in [0, 0.05) is 27.5 Å². The largest absolute Gasteiger partial charge is 0.353 e. The van der Waals surface area contributed by atoms with Crippen LogP contribution >= 0.6 is 0 Å². The SMILES string of the molecule is c1ccc(-c2nc3ccc4c5ccccc5[nH]c4c3n2-c2ccccc2)cc1. The minimum atomic E-state index is 0.952. The van der Waals surface area contributed by atoms with E-state index in [1.165, 1.54) is 10.8 Å². The van der Waals surface area contributed by atoms with Crippen molar-refractivity contribution < 1.29 is 0 Å². The topological polar surface area (TPSA) is 33.6 Å². The average molecular weight is 359 g/mol. The highest BCUT2D eigenvalue weighted by atomic mass is 15.1. The van der Waals surface area contributed by atoms with Crippen LogP contribution < -0.4 is 0 Å². The van der Waals surface area contributed by atoms with Gasteiger partial charge in [0.2, 0.25) is 0 Å². The lowest BCUT2D eigenvalue weighted by Gasteiger charge is -2.10. The van der Waals surface area contributed by atoms with E-state index in [-0.39, 0.29) is 0 Å². The lowest BCUT2D eigenvalue weighted by Crippen LogP contribution is -1.97.